The number of hydrogen-bond donors (Lipinski definition) is 1. The molecule has 0 spiro atoms. The normalized spacial score (nSPS) is 10.3. The largest absolute Gasteiger partial charge is 0.325 e. The van der Waals surface area contributed by atoms with E-state index >= 15 is 0 Å². The van der Waals surface area contributed by atoms with Gasteiger partial charge in [0.25, 0.3) is 0 Å². The van der Waals surface area contributed by atoms with Crippen LogP contribution in [0.2, 0.25) is 0 Å². The fraction of sp³-hybridized carbons (Fsp3) is 0.167. The Morgan fingerprint density at radius 3 is 2.81 bits per heavy atom. The number of amides is 1. The first-order chi connectivity index (χ1) is 12.7. The lowest BCUT2D eigenvalue weighted by atomic mass is 10.2. The molecule has 0 saturated carbocycles. The molecule has 1 amide bonds. The summed E-state index contributed by atoms with van der Waals surface area (Å²) in [6, 6.07) is 14.8. The summed E-state index contributed by atoms with van der Waals surface area (Å²) in [4.78, 5) is 16.1. The number of pyridine rings is 1. The summed E-state index contributed by atoms with van der Waals surface area (Å²) in [6.07, 6.45) is 1.57. The molecule has 0 aliphatic rings. The number of carbonyl (C=O) groups excluding carboxylic acids is 1. The van der Waals surface area contributed by atoms with Crippen molar-refractivity contribution in [1.29, 1.82) is 5.26 Å². The number of para-hydroxylation sites is 1. The average molecular weight is 364 g/mol. The Morgan fingerprint density at radius 2 is 2.08 bits per heavy atom. The predicted molar refractivity (Wildman–Crippen MR) is 99.4 cm³/mol. The van der Waals surface area contributed by atoms with E-state index in [1.807, 2.05) is 47.9 Å². The lowest BCUT2D eigenvalue weighted by Crippen LogP contribution is -2.14. The number of anilines is 1. The SMILES string of the molecule is CCn1c(SCC(=O)Nc2ccccc2)nnc1-c1ccnc(C#N)c1. The van der Waals surface area contributed by atoms with Gasteiger partial charge in [-0.25, -0.2) is 4.98 Å². The van der Waals surface area contributed by atoms with Gasteiger partial charge in [-0.3, -0.25) is 4.79 Å². The Bertz CT molecular complexity index is 948. The van der Waals surface area contributed by atoms with Gasteiger partial charge in [-0.05, 0) is 31.2 Å². The molecule has 3 rings (SSSR count). The van der Waals surface area contributed by atoms with Gasteiger partial charge in [0.15, 0.2) is 11.0 Å². The van der Waals surface area contributed by atoms with E-state index in [1.165, 1.54) is 11.8 Å². The van der Waals surface area contributed by atoms with Crippen LogP contribution in [0.25, 0.3) is 11.4 Å². The number of nitrogens with zero attached hydrogens (tertiary/aromatic N) is 5. The molecule has 1 aromatic carbocycles. The molecule has 0 atom stereocenters. The van der Waals surface area contributed by atoms with Crippen molar-refractivity contribution >= 4 is 23.4 Å². The summed E-state index contributed by atoms with van der Waals surface area (Å²) < 4.78 is 1.91. The van der Waals surface area contributed by atoms with E-state index in [0.29, 0.717) is 23.2 Å². The van der Waals surface area contributed by atoms with Crippen LogP contribution in [0.5, 0.6) is 0 Å². The van der Waals surface area contributed by atoms with Crippen molar-refractivity contribution in [2.75, 3.05) is 11.1 Å². The Hall–Kier alpha value is -3.18. The summed E-state index contributed by atoms with van der Waals surface area (Å²) >= 11 is 1.32. The third-order valence-corrected chi connectivity index (χ3v) is 4.52. The maximum Gasteiger partial charge on any atom is 0.234 e. The van der Waals surface area contributed by atoms with Crippen LogP contribution in [0.4, 0.5) is 5.69 Å². The molecule has 0 bridgehead atoms. The van der Waals surface area contributed by atoms with Gasteiger partial charge in [-0.2, -0.15) is 5.26 Å². The first-order valence-corrected chi connectivity index (χ1v) is 8.97. The van der Waals surface area contributed by atoms with Crippen LogP contribution in [0.1, 0.15) is 12.6 Å². The smallest absolute Gasteiger partial charge is 0.234 e. The van der Waals surface area contributed by atoms with Crippen LogP contribution in [-0.2, 0) is 11.3 Å². The van der Waals surface area contributed by atoms with E-state index in [2.05, 4.69) is 20.5 Å². The highest BCUT2D eigenvalue weighted by Crippen LogP contribution is 2.24. The molecule has 1 N–H and O–H groups in total. The van der Waals surface area contributed by atoms with Crippen molar-refractivity contribution in [3.8, 4) is 17.5 Å². The molecular weight excluding hydrogens is 348 g/mol. The number of nitrogens with one attached hydrogen (secondary N) is 1. The lowest BCUT2D eigenvalue weighted by Gasteiger charge is -2.08. The Kier molecular flexibility index (Phi) is 5.61. The maximum atomic E-state index is 12.1. The molecule has 0 fully saturated rings. The molecule has 2 heterocycles. The second-order valence-corrected chi connectivity index (χ2v) is 6.24. The average Bonchev–Trinajstić information content (AvgIpc) is 3.10. The highest BCUT2D eigenvalue weighted by Gasteiger charge is 2.15. The predicted octanol–water partition coefficient (Wildman–Crippen LogP) is 2.96. The summed E-state index contributed by atoms with van der Waals surface area (Å²) in [7, 11) is 0. The number of aromatic nitrogens is 4. The van der Waals surface area contributed by atoms with Crippen LogP contribution in [0.3, 0.4) is 0 Å². The van der Waals surface area contributed by atoms with Gasteiger partial charge in [0.1, 0.15) is 11.8 Å². The summed E-state index contributed by atoms with van der Waals surface area (Å²) in [5.41, 5.74) is 1.85. The minimum Gasteiger partial charge on any atom is -0.325 e. The van der Waals surface area contributed by atoms with Crippen LogP contribution in [0.15, 0.2) is 53.8 Å². The van der Waals surface area contributed by atoms with Gasteiger partial charge in [-0.1, -0.05) is 30.0 Å². The van der Waals surface area contributed by atoms with E-state index in [1.54, 1.807) is 18.3 Å². The second-order valence-electron chi connectivity index (χ2n) is 5.29. The van der Waals surface area contributed by atoms with Gasteiger partial charge >= 0.3 is 0 Å². The number of hydrogen-bond acceptors (Lipinski definition) is 6. The monoisotopic (exact) mass is 364 g/mol. The number of carbonyl (C=O) groups is 1. The van der Waals surface area contributed by atoms with Crippen molar-refractivity contribution in [1.82, 2.24) is 19.7 Å². The van der Waals surface area contributed by atoms with Gasteiger partial charge in [0, 0.05) is 24.0 Å². The first kappa shape index (κ1) is 17.6. The van der Waals surface area contributed by atoms with E-state index in [9.17, 15) is 4.79 Å². The van der Waals surface area contributed by atoms with E-state index in [-0.39, 0.29) is 11.7 Å². The minimum atomic E-state index is -0.107. The van der Waals surface area contributed by atoms with E-state index in [4.69, 9.17) is 5.26 Å². The molecule has 0 radical (unpaired) electrons. The van der Waals surface area contributed by atoms with Gasteiger partial charge in [-0.15, -0.1) is 10.2 Å². The number of rotatable bonds is 6. The molecule has 7 nitrogen and oxygen atoms in total. The molecule has 0 aliphatic heterocycles. The lowest BCUT2D eigenvalue weighted by molar-refractivity contribution is -0.113. The Labute approximate surface area is 155 Å². The molecule has 8 heteroatoms. The number of benzene rings is 1. The van der Waals surface area contributed by atoms with Crippen molar-refractivity contribution in [3.63, 3.8) is 0 Å². The fourth-order valence-electron chi connectivity index (χ4n) is 2.37. The van der Waals surface area contributed by atoms with Crippen LogP contribution >= 0.6 is 11.8 Å². The maximum absolute atomic E-state index is 12.1. The molecule has 0 unspecified atom stereocenters. The van der Waals surface area contributed by atoms with Crippen molar-refractivity contribution in [2.45, 2.75) is 18.6 Å². The Morgan fingerprint density at radius 1 is 1.27 bits per heavy atom. The standard InChI is InChI=1S/C18H16N6OS/c1-2-24-17(13-8-9-20-15(10-13)11-19)22-23-18(24)26-12-16(25)21-14-6-4-3-5-7-14/h3-10H,2,12H2,1H3,(H,21,25). The molecule has 0 saturated heterocycles. The van der Waals surface area contributed by atoms with Crippen LogP contribution in [-0.4, -0.2) is 31.4 Å². The molecule has 2 aromatic heterocycles. The van der Waals surface area contributed by atoms with Crippen molar-refractivity contribution in [2.24, 2.45) is 0 Å². The van der Waals surface area contributed by atoms with E-state index in [0.717, 1.165) is 11.3 Å². The molecule has 3 aromatic rings. The third-order valence-electron chi connectivity index (χ3n) is 3.56. The molecule has 0 aliphatic carbocycles. The molecular formula is C18H16N6OS. The quantitative estimate of drug-likeness (QED) is 0.676. The number of nitriles is 1. The van der Waals surface area contributed by atoms with Crippen LogP contribution < -0.4 is 5.32 Å². The summed E-state index contributed by atoms with van der Waals surface area (Å²) in [6.45, 7) is 2.63. The van der Waals surface area contributed by atoms with E-state index < -0.39 is 0 Å². The highest BCUT2D eigenvalue weighted by molar-refractivity contribution is 7.99. The topological polar surface area (TPSA) is 96.5 Å². The Balaban J connectivity index is 1.72. The van der Waals surface area contributed by atoms with Gasteiger partial charge in [0.05, 0.1) is 5.75 Å². The summed E-state index contributed by atoms with van der Waals surface area (Å²) in [5.74, 6) is 0.772. The van der Waals surface area contributed by atoms with Crippen LogP contribution in [0, 0.1) is 11.3 Å². The van der Waals surface area contributed by atoms with Gasteiger partial charge in [0.2, 0.25) is 5.91 Å². The zero-order valence-corrected chi connectivity index (χ0v) is 14.9. The third kappa shape index (κ3) is 4.07. The molecule has 26 heavy (non-hydrogen) atoms. The summed E-state index contributed by atoms with van der Waals surface area (Å²) in [5, 5.41) is 20.9. The fourth-order valence-corrected chi connectivity index (χ4v) is 3.18. The van der Waals surface area contributed by atoms with Crippen molar-refractivity contribution in [3.05, 3.63) is 54.4 Å². The number of thioether (sulfide) groups is 1. The second kappa shape index (κ2) is 8.27. The molecule has 130 valence electrons. The first-order valence-electron chi connectivity index (χ1n) is 7.98. The minimum absolute atomic E-state index is 0.107. The van der Waals surface area contributed by atoms with Crippen molar-refractivity contribution < 1.29 is 4.79 Å². The highest BCUT2D eigenvalue weighted by atomic mass is 32.2. The van der Waals surface area contributed by atoms with Gasteiger partial charge < -0.3 is 9.88 Å². The zero-order valence-electron chi connectivity index (χ0n) is 14.1. The zero-order chi connectivity index (χ0) is 18.4.